The molecule has 0 aliphatic rings. The second-order valence-corrected chi connectivity index (χ2v) is 4.46. The summed E-state index contributed by atoms with van der Waals surface area (Å²) in [6.07, 6.45) is -7.20. The normalized spacial score (nSPS) is 14.4. The van der Waals surface area contributed by atoms with E-state index in [9.17, 15) is 27.9 Å². The van der Waals surface area contributed by atoms with Gasteiger partial charge in [-0.3, -0.25) is 4.79 Å². The summed E-state index contributed by atoms with van der Waals surface area (Å²) in [4.78, 5) is 22.1. The molecule has 0 aliphatic heterocycles. The van der Waals surface area contributed by atoms with Crippen LogP contribution in [0.5, 0.6) is 5.75 Å². The highest BCUT2D eigenvalue weighted by Crippen LogP contribution is 2.38. The highest BCUT2D eigenvalue weighted by molar-refractivity contribution is 6.31. The van der Waals surface area contributed by atoms with E-state index in [4.69, 9.17) is 16.7 Å². The maximum atomic E-state index is 12.3. The Labute approximate surface area is 121 Å². The van der Waals surface area contributed by atoms with Crippen molar-refractivity contribution < 1.29 is 37.7 Å². The first-order chi connectivity index (χ1) is 9.54. The van der Waals surface area contributed by atoms with Crippen LogP contribution in [0.15, 0.2) is 18.2 Å². The maximum absolute atomic E-state index is 12.3. The summed E-state index contributed by atoms with van der Waals surface area (Å²) in [5, 5.41) is 16.7. The van der Waals surface area contributed by atoms with Gasteiger partial charge < -0.3 is 14.9 Å². The largest absolute Gasteiger partial charge is 0.573 e. The number of Topliss-reactive ketones (excluding diaryl/α,β-unsaturated/α-hetero) is 1. The van der Waals surface area contributed by atoms with Gasteiger partial charge in [0, 0.05) is 11.1 Å². The van der Waals surface area contributed by atoms with Crippen molar-refractivity contribution in [3.05, 3.63) is 29.3 Å². The Morgan fingerprint density at radius 3 is 2.33 bits per heavy atom. The Hall–Kier alpha value is -1.80. The number of carboxylic acid groups (broad SMARTS) is 1. The van der Waals surface area contributed by atoms with Crippen LogP contribution in [0.4, 0.5) is 13.2 Å². The van der Waals surface area contributed by atoms with Crippen molar-refractivity contribution in [3.63, 3.8) is 0 Å². The maximum Gasteiger partial charge on any atom is 0.573 e. The minimum atomic E-state index is -5.06. The molecule has 2 unspecified atom stereocenters. The van der Waals surface area contributed by atoms with Crippen molar-refractivity contribution >= 4 is 23.4 Å². The third-order valence-electron chi connectivity index (χ3n) is 2.46. The minimum Gasteiger partial charge on any atom is -0.479 e. The van der Waals surface area contributed by atoms with E-state index >= 15 is 0 Å². The van der Waals surface area contributed by atoms with Gasteiger partial charge in [-0.1, -0.05) is 12.1 Å². The number of ketones is 1. The van der Waals surface area contributed by atoms with Gasteiger partial charge in [-0.15, -0.1) is 24.8 Å². The van der Waals surface area contributed by atoms with Crippen LogP contribution in [-0.4, -0.2) is 28.3 Å². The van der Waals surface area contributed by atoms with Crippen LogP contribution in [-0.2, 0) is 9.59 Å². The summed E-state index contributed by atoms with van der Waals surface area (Å²) in [6.45, 7) is 1.01. The molecule has 1 aromatic carbocycles. The molecule has 0 radical (unpaired) electrons. The number of hydrogen-bond donors (Lipinski definition) is 2. The van der Waals surface area contributed by atoms with Gasteiger partial charge in [0.05, 0.1) is 0 Å². The summed E-state index contributed by atoms with van der Waals surface area (Å²) in [5.74, 6) is -3.27. The molecule has 0 fully saturated rings. The second kappa shape index (κ2) is 6.31. The number of alkyl halides is 4. The van der Waals surface area contributed by atoms with Crippen molar-refractivity contribution in [2.75, 3.05) is 0 Å². The molecule has 116 valence electrons. The third kappa shape index (κ3) is 4.33. The Balaban J connectivity index is 3.48. The zero-order chi connectivity index (χ0) is 16.4. The lowest BCUT2D eigenvalue weighted by atomic mass is 9.97. The SMILES string of the molecule is CC(=O)C(Cl)c1c(OC(F)(F)F)cccc1C(O)C(=O)O. The van der Waals surface area contributed by atoms with Crippen molar-refractivity contribution in [1.82, 2.24) is 0 Å². The second-order valence-electron chi connectivity index (χ2n) is 4.02. The fourth-order valence-electron chi connectivity index (χ4n) is 1.62. The smallest absolute Gasteiger partial charge is 0.479 e. The zero-order valence-electron chi connectivity index (χ0n) is 10.5. The lowest BCUT2D eigenvalue weighted by Gasteiger charge is -2.20. The van der Waals surface area contributed by atoms with Crippen LogP contribution in [0.25, 0.3) is 0 Å². The highest BCUT2D eigenvalue weighted by atomic mass is 35.5. The number of hydrogen-bond acceptors (Lipinski definition) is 4. The Bertz CT molecular complexity index is 558. The van der Waals surface area contributed by atoms with Crippen molar-refractivity contribution in [2.24, 2.45) is 0 Å². The number of carbonyl (C=O) groups excluding carboxylic acids is 1. The van der Waals surface area contributed by atoms with Gasteiger partial charge in [0.2, 0.25) is 0 Å². The Morgan fingerprint density at radius 2 is 1.90 bits per heavy atom. The van der Waals surface area contributed by atoms with Gasteiger partial charge in [-0.2, -0.15) is 0 Å². The average molecular weight is 327 g/mol. The van der Waals surface area contributed by atoms with Gasteiger partial charge in [0.1, 0.15) is 11.1 Å². The third-order valence-corrected chi connectivity index (χ3v) is 2.99. The highest BCUT2D eigenvalue weighted by Gasteiger charge is 2.35. The van der Waals surface area contributed by atoms with Crippen LogP contribution >= 0.6 is 11.6 Å². The number of aliphatic hydroxyl groups excluding tert-OH is 1. The molecule has 2 N–H and O–H groups in total. The van der Waals surface area contributed by atoms with Crippen LogP contribution in [0.1, 0.15) is 29.5 Å². The van der Waals surface area contributed by atoms with Crippen LogP contribution < -0.4 is 4.74 Å². The monoisotopic (exact) mass is 326 g/mol. The summed E-state index contributed by atoms with van der Waals surface area (Å²) < 4.78 is 40.8. The molecule has 5 nitrogen and oxygen atoms in total. The zero-order valence-corrected chi connectivity index (χ0v) is 11.3. The molecule has 21 heavy (non-hydrogen) atoms. The quantitative estimate of drug-likeness (QED) is 0.812. The Morgan fingerprint density at radius 1 is 1.33 bits per heavy atom. The number of carboxylic acids is 1. The van der Waals surface area contributed by atoms with Gasteiger partial charge >= 0.3 is 12.3 Å². The number of aliphatic carboxylic acids is 1. The van der Waals surface area contributed by atoms with Gasteiger partial charge in [0.15, 0.2) is 11.9 Å². The van der Waals surface area contributed by atoms with E-state index in [1.807, 2.05) is 0 Å². The molecule has 0 bridgehead atoms. The average Bonchev–Trinajstić information content (AvgIpc) is 2.34. The molecule has 1 rings (SSSR count). The number of ether oxygens (including phenoxy) is 1. The van der Waals surface area contributed by atoms with E-state index in [2.05, 4.69) is 4.74 Å². The molecule has 9 heteroatoms. The van der Waals surface area contributed by atoms with Gasteiger partial charge in [-0.25, -0.2) is 4.79 Å². The van der Waals surface area contributed by atoms with Gasteiger partial charge in [-0.05, 0) is 13.0 Å². The fraction of sp³-hybridized carbons (Fsp3) is 0.333. The van der Waals surface area contributed by atoms with E-state index in [1.165, 1.54) is 0 Å². The van der Waals surface area contributed by atoms with E-state index in [1.54, 1.807) is 0 Å². The van der Waals surface area contributed by atoms with Crippen molar-refractivity contribution in [2.45, 2.75) is 24.8 Å². The molecule has 0 aromatic heterocycles. The van der Waals surface area contributed by atoms with Crippen molar-refractivity contribution in [3.8, 4) is 5.75 Å². The van der Waals surface area contributed by atoms with E-state index in [0.717, 1.165) is 25.1 Å². The molecule has 0 amide bonds. The van der Waals surface area contributed by atoms with Crippen LogP contribution in [0, 0.1) is 0 Å². The standard InChI is InChI=1S/C12H10ClF3O5/c1-5(17)9(13)8-6(10(18)11(19)20)3-2-4-7(8)21-12(14,15)16/h2-4,9-10,18H,1H3,(H,19,20). The van der Waals surface area contributed by atoms with Crippen LogP contribution in [0.3, 0.4) is 0 Å². The number of benzene rings is 1. The molecular formula is C12H10ClF3O5. The summed E-state index contributed by atoms with van der Waals surface area (Å²) in [5.41, 5.74) is -0.974. The number of rotatable bonds is 5. The summed E-state index contributed by atoms with van der Waals surface area (Å²) in [6, 6.07) is 2.98. The predicted molar refractivity (Wildman–Crippen MR) is 65.0 cm³/mol. The molecule has 1 aromatic rings. The predicted octanol–water partition coefficient (Wildman–Crippen LogP) is 2.57. The molecule has 0 heterocycles. The van der Waals surface area contributed by atoms with Crippen molar-refractivity contribution in [1.29, 1.82) is 0 Å². The molecule has 0 aliphatic carbocycles. The minimum absolute atomic E-state index is 0.445. The molecule has 0 spiro atoms. The molecule has 0 saturated heterocycles. The summed E-state index contributed by atoms with van der Waals surface area (Å²) >= 11 is 5.73. The molecule has 0 saturated carbocycles. The topological polar surface area (TPSA) is 83.8 Å². The first-order valence-electron chi connectivity index (χ1n) is 5.48. The fourth-order valence-corrected chi connectivity index (χ4v) is 1.85. The van der Waals surface area contributed by atoms with E-state index in [0.29, 0.717) is 0 Å². The first kappa shape index (κ1) is 17.3. The lowest BCUT2D eigenvalue weighted by molar-refractivity contribution is -0.275. The summed E-state index contributed by atoms with van der Waals surface area (Å²) in [7, 11) is 0. The van der Waals surface area contributed by atoms with E-state index in [-0.39, 0.29) is 0 Å². The molecule has 2 atom stereocenters. The lowest BCUT2D eigenvalue weighted by Crippen LogP contribution is -2.21. The Kier molecular flexibility index (Phi) is 5.19. The van der Waals surface area contributed by atoms with Gasteiger partial charge in [0.25, 0.3) is 0 Å². The molecular weight excluding hydrogens is 317 g/mol. The number of carbonyl (C=O) groups is 2. The van der Waals surface area contributed by atoms with E-state index < -0.39 is 46.5 Å². The number of aliphatic hydroxyl groups is 1. The first-order valence-corrected chi connectivity index (χ1v) is 5.92. The van der Waals surface area contributed by atoms with Crippen LogP contribution in [0.2, 0.25) is 0 Å². The number of halogens is 4.